The number of hydrogen-bond donors (Lipinski definition) is 1. The van der Waals surface area contributed by atoms with Crippen molar-refractivity contribution in [2.45, 2.75) is 45.4 Å². The fourth-order valence-electron chi connectivity index (χ4n) is 2.97. The Labute approximate surface area is 104 Å². The predicted octanol–water partition coefficient (Wildman–Crippen LogP) is 2.36. The van der Waals surface area contributed by atoms with Gasteiger partial charge in [-0.15, -0.1) is 0 Å². The van der Waals surface area contributed by atoms with E-state index in [0.29, 0.717) is 12.5 Å². The van der Waals surface area contributed by atoms with Gasteiger partial charge in [0.2, 0.25) is 5.91 Å². The van der Waals surface area contributed by atoms with Crippen LogP contribution in [-0.4, -0.2) is 25.7 Å². The molecule has 0 aromatic heterocycles. The molecule has 1 N–H and O–H groups in total. The van der Waals surface area contributed by atoms with Gasteiger partial charge in [-0.25, -0.2) is 0 Å². The molecule has 2 rings (SSSR count). The lowest BCUT2D eigenvalue weighted by Crippen LogP contribution is -2.35. The molecule has 2 fully saturated rings. The van der Waals surface area contributed by atoms with Gasteiger partial charge >= 0.3 is 0 Å². The molecule has 0 aromatic carbocycles. The Morgan fingerprint density at radius 1 is 1.18 bits per heavy atom. The number of nitrogens with one attached hydrogen (secondary N) is 1. The van der Waals surface area contributed by atoms with Gasteiger partial charge in [0.05, 0.1) is 12.5 Å². The van der Waals surface area contributed by atoms with Crippen LogP contribution < -0.4 is 5.32 Å². The minimum absolute atomic E-state index is 0.113. The number of rotatable bonds is 4. The van der Waals surface area contributed by atoms with Crippen molar-refractivity contribution in [2.24, 2.45) is 17.8 Å². The number of amides is 1. The minimum Gasteiger partial charge on any atom is -0.381 e. The Hall–Kier alpha value is -0.570. The molecule has 0 aromatic rings. The average molecular weight is 239 g/mol. The Bertz CT molecular complexity index is 241. The van der Waals surface area contributed by atoms with Crippen LogP contribution in [0.4, 0.5) is 0 Å². The fourth-order valence-corrected chi connectivity index (χ4v) is 2.97. The van der Waals surface area contributed by atoms with Crippen LogP contribution in [0.1, 0.15) is 45.4 Å². The van der Waals surface area contributed by atoms with Gasteiger partial charge in [0.25, 0.3) is 0 Å². The summed E-state index contributed by atoms with van der Waals surface area (Å²) >= 11 is 0. The molecular formula is C14H25NO2. The van der Waals surface area contributed by atoms with Crippen LogP contribution in [0.15, 0.2) is 0 Å². The summed E-state index contributed by atoms with van der Waals surface area (Å²) in [6.45, 7) is 4.53. The third kappa shape index (κ3) is 3.70. The van der Waals surface area contributed by atoms with E-state index in [9.17, 15) is 4.79 Å². The summed E-state index contributed by atoms with van der Waals surface area (Å²) < 4.78 is 5.24. The van der Waals surface area contributed by atoms with E-state index in [-0.39, 0.29) is 11.8 Å². The maximum atomic E-state index is 11.8. The van der Waals surface area contributed by atoms with Crippen molar-refractivity contribution in [3.63, 3.8) is 0 Å². The fraction of sp³-hybridized carbons (Fsp3) is 0.929. The monoisotopic (exact) mass is 239 g/mol. The SMILES string of the molecule is CCC1CCC(CNC(=O)C2CCOC2)CC1. The largest absolute Gasteiger partial charge is 0.381 e. The number of carbonyl (C=O) groups excluding carboxylic acids is 1. The van der Waals surface area contributed by atoms with E-state index in [0.717, 1.165) is 25.5 Å². The Balaban J connectivity index is 1.63. The van der Waals surface area contributed by atoms with E-state index in [2.05, 4.69) is 12.2 Å². The third-order valence-corrected chi connectivity index (χ3v) is 4.41. The predicted molar refractivity (Wildman–Crippen MR) is 67.7 cm³/mol. The number of ether oxygens (including phenoxy) is 1. The van der Waals surface area contributed by atoms with Crippen molar-refractivity contribution in [2.75, 3.05) is 19.8 Å². The molecule has 0 bridgehead atoms. The topological polar surface area (TPSA) is 38.3 Å². The van der Waals surface area contributed by atoms with Gasteiger partial charge in [-0.2, -0.15) is 0 Å². The van der Waals surface area contributed by atoms with Gasteiger partial charge in [0.15, 0.2) is 0 Å². The summed E-state index contributed by atoms with van der Waals surface area (Å²) in [5, 5.41) is 3.11. The number of hydrogen-bond acceptors (Lipinski definition) is 2. The van der Waals surface area contributed by atoms with Crippen molar-refractivity contribution < 1.29 is 9.53 Å². The second kappa shape index (κ2) is 6.39. The van der Waals surface area contributed by atoms with Gasteiger partial charge in [0, 0.05) is 13.2 Å². The molecule has 17 heavy (non-hydrogen) atoms. The summed E-state index contributed by atoms with van der Waals surface area (Å²) in [5.74, 6) is 1.97. The molecule has 98 valence electrons. The van der Waals surface area contributed by atoms with Crippen LogP contribution in [0.5, 0.6) is 0 Å². The molecule has 0 radical (unpaired) electrons. The zero-order valence-electron chi connectivity index (χ0n) is 10.9. The van der Waals surface area contributed by atoms with E-state index >= 15 is 0 Å². The first kappa shape index (κ1) is 12.9. The lowest BCUT2D eigenvalue weighted by molar-refractivity contribution is -0.125. The van der Waals surface area contributed by atoms with Crippen LogP contribution in [-0.2, 0) is 9.53 Å². The normalized spacial score (nSPS) is 33.6. The molecule has 1 heterocycles. The van der Waals surface area contributed by atoms with E-state index < -0.39 is 0 Å². The molecule has 1 aliphatic heterocycles. The molecule has 1 saturated heterocycles. The molecule has 3 nitrogen and oxygen atoms in total. The zero-order chi connectivity index (χ0) is 12.1. The lowest BCUT2D eigenvalue weighted by atomic mass is 9.81. The number of carbonyl (C=O) groups is 1. The van der Waals surface area contributed by atoms with Gasteiger partial charge in [-0.1, -0.05) is 26.2 Å². The molecule has 1 amide bonds. The molecular weight excluding hydrogens is 214 g/mol. The minimum atomic E-state index is 0.113. The van der Waals surface area contributed by atoms with Crippen molar-refractivity contribution in [3.05, 3.63) is 0 Å². The second-order valence-corrected chi connectivity index (χ2v) is 5.60. The summed E-state index contributed by atoms with van der Waals surface area (Å²) in [6, 6.07) is 0. The summed E-state index contributed by atoms with van der Waals surface area (Å²) in [7, 11) is 0. The van der Waals surface area contributed by atoms with E-state index in [1.165, 1.54) is 32.1 Å². The van der Waals surface area contributed by atoms with Crippen molar-refractivity contribution in [1.82, 2.24) is 5.32 Å². The van der Waals surface area contributed by atoms with Crippen LogP contribution >= 0.6 is 0 Å². The van der Waals surface area contributed by atoms with Crippen LogP contribution in [0, 0.1) is 17.8 Å². The third-order valence-electron chi connectivity index (χ3n) is 4.41. The van der Waals surface area contributed by atoms with Gasteiger partial charge < -0.3 is 10.1 Å². The second-order valence-electron chi connectivity index (χ2n) is 5.60. The molecule has 1 atom stereocenters. The molecule has 3 heteroatoms. The van der Waals surface area contributed by atoms with Gasteiger partial charge in [-0.3, -0.25) is 4.79 Å². The highest BCUT2D eigenvalue weighted by atomic mass is 16.5. The standard InChI is InChI=1S/C14H25NO2/c1-2-11-3-5-12(6-4-11)9-15-14(16)13-7-8-17-10-13/h11-13H,2-10H2,1H3,(H,15,16). The quantitative estimate of drug-likeness (QED) is 0.818. The van der Waals surface area contributed by atoms with Crippen LogP contribution in [0.3, 0.4) is 0 Å². The highest BCUT2D eigenvalue weighted by Gasteiger charge is 2.25. The molecule has 0 spiro atoms. The summed E-state index contributed by atoms with van der Waals surface area (Å²) in [6.07, 6.45) is 7.50. The molecule has 1 aliphatic carbocycles. The maximum Gasteiger partial charge on any atom is 0.225 e. The average Bonchev–Trinajstić information content (AvgIpc) is 2.90. The van der Waals surface area contributed by atoms with E-state index in [1.54, 1.807) is 0 Å². The molecule has 1 unspecified atom stereocenters. The van der Waals surface area contributed by atoms with Crippen molar-refractivity contribution in [3.8, 4) is 0 Å². The Morgan fingerprint density at radius 2 is 1.88 bits per heavy atom. The zero-order valence-corrected chi connectivity index (χ0v) is 10.9. The summed E-state index contributed by atoms with van der Waals surface area (Å²) in [5.41, 5.74) is 0. The first-order chi connectivity index (χ1) is 8.29. The molecule has 1 saturated carbocycles. The van der Waals surface area contributed by atoms with E-state index in [1.807, 2.05) is 0 Å². The Kier molecular flexibility index (Phi) is 4.84. The van der Waals surface area contributed by atoms with E-state index in [4.69, 9.17) is 4.74 Å². The van der Waals surface area contributed by atoms with Crippen molar-refractivity contribution in [1.29, 1.82) is 0 Å². The van der Waals surface area contributed by atoms with Crippen molar-refractivity contribution >= 4 is 5.91 Å². The first-order valence-corrected chi connectivity index (χ1v) is 7.15. The maximum absolute atomic E-state index is 11.8. The highest BCUT2D eigenvalue weighted by Crippen LogP contribution is 2.30. The van der Waals surface area contributed by atoms with Crippen LogP contribution in [0.2, 0.25) is 0 Å². The highest BCUT2D eigenvalue weighted by molar-refractivity contribution is 5.78. The first-order valence-electron chi connectivity index (χ1n) is 7.15. The van der Waals surface area contributed by atoms with Gasteiger partial charge in [-0.05, 0) is 31.1 Å². The lowest BCUT2D eigenvalue weighted by Gasteiger charge is -2.28. The summed E-state index contributed by atoms with van der Waals surface area (Å²) in [4.78, 5) is 11.8. The van der Waals surface area contributed by atoms with Gasteiger partial charge in [0.1, 0.15) is 0 Å². The molecule has 2 aliphatic rings. The Morgan fingerprint density at radius 3 is 2.47 bits per heavy atom. The smallest absolute Gasteiger partial charge is 0.225 e. The van der Waals surface area contributed by atoms with Crippen LogP contribution in [0.25, 0.3) is 0 Å².